The Morgan fingerprint density at radius 1 is 0.391 bits per heavy atom. The molecule has 0 fully saturated rings. The average Bonchev–Trinajstić information content (AvgIpc) is 3.62. The molecule has 0 N–H and O–H groups in total. The molecule has 0 saturated heterocycles. The van der Waals surface area contributed by atoms with Gasteiger partial charge in [-0.05, 0) is 81.9 Å². The van der Waals surface area contributed by atoms with Gasteiger partial charge in [0, 0.05) is 45.0 Å². The summed E-state index contributed by atoms with van der Waals surface area (Å²) >= 11 is 0. The summed E-state index contributed by atoms with van der Waals surface area (Å²) < 4.78 is 4.80. The molecule has 0 unspecified atom stereocenters. The molecule has 0 amide bonds. The summed E-state index contributed by atoms with van der Waals surface area (Å²) in [5.41, 5.74) is 9.48. The van der Waals surface area contributed by atoms with E-state index in [1.165, 1.54) is 70.9 Å². The van der Waals surface area contributed by atoms with Crippen molar-refractivity contribution in [1.29, 1.82) is 0 Å². The Labute approximate surface area is 265 Å². The van der Waals surface area contributed by atoms with Crippen LogP contribution in [0.1, 0.15) is 0 Å². The predicted octanol–water partition coefficient (Wildman–Crippen LogP) is 11.2. The number of para-hydroxylation sites is 3. The molecule has 0 bridgehead atoms. The van der Waals surface area contributed by atoms with E-state index in [9.17, 15) is 0 Å². The highest BCUT2D eigenvalue weighted by Crippen LogP contribution is 2.40. The third-order valence-corrected chi connectivity index (χ3v) is 9.58. The molecule has 0 saturated carbocycles. The van der Waals surface area contributed by atoms with Crippen molar-refractivity contribution in [2.45, 2.75) is 0 Å². The maximum atomic E-state index is 4.64. The van der Waals surface area contributed by atoms with E-state index in [4.69, 9.17) is 0 Å². The molecule has 0 aliphatic rings. The lowest BCUT2D eigenvalue weighted by molar-refractivity contribution is 1.18. The first kappa shape index (κ1) is 25.2. The SMILES string of the molecule is c1ccc(-n2c3ccccc3c3ccc(-c4ccc(-n5c6ccccc6c6cc7ccccc7cc65)c5cnccc45)cc32)cc1. The molecule has 3 aromatic heterocycles. The first-order valence-corrected chi connectivity index (χ1v) is 15.7. The Morgan fingerprint density at radius 3 is 1.87 bits per heavy atom. The summed E-state index contributed by atoms with van der Waals surface area (Å²) in [6, 6.07) is 55.0. The lowest BCUT2D eigenvalue weighted by Crippen LogP contribution is -1.97. The number of fused-ring (bicyclic) bond motifs is 8. The van der Waals surface area contributed by atoms with Gasteiger partial charge in [0.2, 0.25) is 0 Å². The minimum atomic E-state index is 1.12. The van der Waals surface area contributed by atoms with E-state index in [-0.39, 0.29) is 0 Å². The largest absolute Gasteiger partial charge is 0.309 e. The van der Waals surface area contributed by atoms with Crippen molar-refractivity contribution in [2.75, 3.05) is 0 Å². The van der Waals surface area contributed by atoms with Gasteiger partial charge in [0.25, 0.3) is 0 Å². The fourth-order valence-electron chi connectivity index (χ4n) is 7.53. The first-order chi connectivity index (χ1) is 22.8. The van der Waals surface area contributed by atoms with Crippen LogP contribution in [0.5, 0.6) is 0 Å². The molecule has 214 valence electrons. The number of pyridine rings is 1. The zero-order valence-electron chi connectivity index (χ0n) is 24.9. The molecule has 7 aromatic carbocycles. The summed E-state index contributed by atoms with van der Waals surface area (Å²) in [7, 11) is 0. The van der Waals surface area contributed by atoms with Crippen LogP contribution in [0, 0.1) is 0 Å². The van der Waals surface area contributed by atoms with Gasteiger partial charge in [0.1, 0.15) is 0 Å². The summed E-state index contributed by atoms with van der Waals surface area (Å²) in [4.78, 5) is 4.64. The second kappa shape index (κ2) is 9.65. The van der Waals surface area contributed by atoms with E-state index in [1.807, 2.05) is 12.4 Å². The van der Waals surface area contributed by atoms with Crippen LogP contribution >= 0.6 is 0 Å². The predicted molar refractivity (Wildman–Crippen MR) is 193 cm³/mol. The third-order valence-electron chi connectivity index (χ3n) is 9.58. The number of benzene rings is 7. The summed E-state index contributed by atoms with van der Waals surface area (Å²) in [5, 5.41) is 9.82. The number of nitrogens with zero attached hydrogens (tertiary/aromatic N) is 3. The number of aromatic nitrogens is 3. The number of rotatable bonds is 3. The molecule has 0 spiro atoms. The smallest absolute Gasteiger partial charge is 0.0556 e. The monoisotopic (exact) mass is 585 g/mol. The van der Waals surface area contributed by atoms with Gasteiger partial charge in [-0.1, -0.05) is 97.1 Å². The van der Waals surface area contributed by atoms with Crippen molar-refractivity contribution in [3.63, 3.8) is 0 Å². The van der Waals surface area contributed by atoms with Crippen molar-refractivity contribution < 1.29 is 0 Å². The number of hydrogen-bond donors (Lipinski definition) is 0. The van der Waals surface area contributed by atoms with E-state index in [1.54, 1.807) is 0 Å². The molecule has 0 radical (unpaired) electrons. The quantitative estimate of drug-likeness (QED) is 0.202. The lowest BCUT2D eigenvalue weighted by atomic mass is 9.97. The van der Waals surface area contributed by atoms with E-state index in [0.717, 1.165) is 16.8 Å². The standard InChI is InChI=1S/C43H27N3/c1-2-12-31(13-3-1)45-39-16-8-6-14-34(39)36-19-18-30(26-42(36)45)32-20-21-41(38-27-44-23-22-33(32)38)46-40-17-9-7-15-35(40)37-24-28-10-4-5-11-29(28)25-43(37)46/h1-27H. The van der Waals surface area contributed by atoms with Crippen LogP contribution in [0.4, 0.5) is 0 Å². The molecule has 0 aliphatic heterocycles. The van der Waals surface area contributed by atoms with Crippen molar-refractivity contribution in [1.82, 2.24) is 14.1 Å². The Bertz CT molecular complexity index is 2800. The molecule has 3 heteroatoms. The zero-order valence-corrected chi connectivity index (χ0v) is 24.9. The van der Waals surface area contributed by atoms with Crippen LogP contribution in [0.3, 0.4) is 0 Å². The highest BCUT2D eigenvalue weighted by atomic mass is 15.0. The van der Waals surface area contributed by atoms with Gasteiger partial charge in [-0.3, -0.25) is 4.98 Å². The van der Waals surface area contributed by atoms with Crippen LogP contribution in [-0.2, 0) is 0 Å². The third kappa shape index (κ3) is 3.57. The summed E-state index contributed by atoms with van der Waals surface area (Å²) in [6.45, 7) is 0. The van der Waals surface area contributed by atoms with Crippen LogP contribution in [0.2, 0.25) is 0 Å². The fraction of sp³-hybridized carbons (Fsp3) is 0. The van der Waals surface area contributed by atoms with Crippen LogP contribution in [0.15, 0.2) is 164 Å². The molecule has 0 atom stereocenters. The Kier molecular flexibility index (Phi) is 5.28. The Balaban J connectivity index is 1.24. The summed E-state index contributed by atoms with van der Waals surface area (Å²) in [6.07, 6.45) is 3.93. The maximum Gasteiger partial charge on any atom is 0.0556 e. The van der Waals surface area contributed by atoms with Crippen LogP contribution in [0.25, 0.3) is 87.7 Å². The van der Waals surface area contributed by atoms with Gasteiger partial charge in [-0.25, -0.2) is 0 Å². The summed E-state index contributed by atoms with van der Waals surface area (Å²) in [5.74, 6) is 0. The minimum absolute atomic E-state index is 1.12. The van der Waals surface area contributed by atoms with Crippen molar-refractivity contribution in [3.8, 4) is 22.5 Å². The van der Waals surface area contributed by atoms with Gasteiger partial charge in [0.15, 0.2) is 0 Å². The topological polar surface area (TPSA) is 22.8 Å². The van der Waals surface area contributed by atoms with Crippen LogP contribution < -0.4 is 0 Å². The fourth-order valence-corrected chi connectivity index (χ4v) is 7.53. The zero-order chi connectivity index (χ0) is 30.2. The van der Waals surface area contributed by atoms with Crippen molar-refractivity contribution in [2.24, 2.45) is 0 Å². The molecule has 3 nitrogen and oxygen atoms in total. The lowest BCUT2D eigenvalue weighted by Gasteiger charge is -2.15. The molecular weight excluding hydrogens is 558 g/mol. The molecule has 0 aliphatic carbocycles. The van der Waals surface area contributed by atoms with Gasteiger partial charge in [0.05, 0.1) is 27.8 Å². The molecule has 46 heavy (non-hydrogen) atoms. The average molecular weight is 586 g/mol. The second-order valence-corrected chi connectivity index (χ2v) is 12.0. The van der Waals surface area contributed by atoms with Crippen LogP contribution in [-0.4, -0.2) is 14.1 Å². The number of hydrogen-bond acceptors (Lipinski definition) is 1. The van der Waals surface area contributed by atoms with Crippen molar-refractivity contribution in [3.05, 3.63) is 164 Å². The van der Waals surface area contributed by atoms with E-state index in [2.05, 4.69) is 166 Å². The normalized spacial score (nSPS) is 11.9. The van der Waals surface area contributed by atoms with E-state index < -0.39 is 0 Å². The first-order valence-electron chi connectivity index (χ1n) is 15.7. The highest BCUT2D eigenvalue weighted by molar-refractivity contribution is 6.15. The Hall–Kier alpha value is -6.19. The molecular formula is C43H27N3. The Morgan fingerprint density at radius 2 is 1.04 bits per heavy atom. The van der Waals surface area contributed by atoms with E-state index in [0.29, 0.717) is 0 Å². The van der Waals surface area contributed by atoms with E-state index >= 15 is 0 Å². The highest BCUT2D eigenvalue weighted by Gasteiger charge is 2.18. The van der Waals surface area contributed by atoms with Crippen molar-refractivity contribution >= 4 is 65.2 Å². The van der Waals surface area contributed by atoms with Gasteiger partial charge in [-0.15, -0.1) is 0 Å². The molecule has 3 heterocycles. The van der Waals surface area contributed by atoms with Gasteiger partial charge >= 0.3 is 0 Å². The molecule has 10 rings (SSSR count). The van der Waals surface area contributed by atoms with Gasteiger partial charge in [-0.2, -0.15) is 0 Å². The molecule has 10 aromatic rings. The van der Waals surface area contributed by atoms with Gasteiger partial charge < -0.3 is 9.13 Å². The second-order valence-electron chi connectivity index (χ2n) is 12.0. The maximum absolute atomic E-state index is 4.64. The minimum Gasteiger partial charge on any atom is -0.309 e.